The number of likely N-dealkylation sites (tertiary alicyclic amines) is 1. The normalized spacial score (nSPS) is 24.7. The van der Waals surface area contributed by atoms with Crippen LogP contribution in [0.25, 0.3) is 0 Å². The summed E-state index contributed by atoms with van der Waals surface area (Å²) in [5.74, 6) is 0. The lowest BCUT2D eigenvalue weighted by Crippen LogP contribution is -2.54. The average molecular weight is 253 g/mol. The fraction of sp³-hybridized carbons (Fsp3) is 0.294. The number of rotatable bonds is 3. The summed E-state index contributed by atoms with van der Waals surface area (Å²) in [7, 11) is 0. The molecule has 0 aliphatic carbocycles. The van der Waals surface area contributed by atoms with Gasteiger partial charge < -0.3 is 5.11 Å². The third-order valence-corrected chi connectivity index (χ3v) is 4.04. The quantitative estimate of drug-likeness (QED) is 0.908. The van der Waals surface area contributed by atoms with Crippen LogP contribution in [0.5, 0.6) is 0 Å². The monoisotopic (exact) mass is 253 g/mol. The number of aliphatic hydroxyl groups excluding tert-OH is 1. The van der Waals surface area contributed by atoms with E-state index in [1.165, 1.54) is 11.1 Å². The highest BCUT2D eigenvalue weighted by Gasteiger charge is 2.41. The van der Waals surface area contributed by atoms with Crippen molar-refractivity contribution in [3.05, 3.63) is 71.8 Å². The van der Waals surface area contributed by atoms with E-state index >= 15 is 0 Å². The maximum absolute atomic E-state index is 10.1. The van der Waals surface area contributed by atoms with Crippen LogP contribution in [0.4, 0.5) is 0 Å². The smallest absolute Gasteiger partial charge is 0.0864 e. The molecule has 3 rings (SSSR count). The number of β-amino-alcohol motifs (C(OH)–C–C–N with tert-alkyl or cyclic N) is 1. The van der Waals surface area contributed by atoms with Gasteiger partial charge in [-0.2, -0.15) is 0 Å². The van der Waals surface area contributed by atoms with E-state index in [0.717, 1.165) is 6.54 Å². The van der Waals surface area contributed by atoms with Gasteiger partial charge in [-0.1, -0.05) is 60.7 Å². The van der Waals surface area contributed by atoms with Crippen molar-refractivity contribution in [2.24, 2.45) is 0 Å². The molecule has 1 aliphatic rings. The molecule has 3 atom stereocenters. The van der Waals surface area contributed by atoms with Crippen LogP contribution in [0.15, 0.2) is 60.7 Å². The third-order valence-electron chi connectivity index (χ3n) is 4.04. The van der Waals surface area contributed by atoms with E-state index in [2.05, 4.69) is 48.2 Å². The zero-order valence-electron chi connectivity index (χ0n) is 11.1. The van der Waals surface area contributed by atoms with Crippen molar-refractivity contribution < 1.29 is 5.11 Å². The van der Waals surface area contributed by atoms with Gasteiger partial charge in [0.2, 0.25) is 0 Å². The zero-order chi connectivity index (χ0) is 13.2. The SMILES string of the molecule is C[C@@H](c1ccccc1)N1C[C@H](O)[C@@H]1c1ccccc1. The first-order chi connectivity index (χ1) is 9.27. The van der Waals surface area contributed by atoms with Gasteiger partial charge in [0.25, 0.3) is 0 Å². The molecule has 19 heavy (non-hydrogen) atoms. The minimum absolute atomic E-state index is 0.122. The molecule has 0 bridgehead atoms. The van der Waals surface area contributed by atoms with Crippen molar-refractivity contribution in [2.45, 2.75) is 25.1 Å². The molecule has 0 amide bonds. The number of hydrogen-bond acceptors (Lipinski definition) is 2. The van der Waals surface area contributed by atoms with E-state index in [-0.39, 0.29) is 12.1 Å². The van der Waals surface area contributed by atoms with Crippen LogP contribution in [-0.4, -0.2) is 22.7 Å². The van der Waals surface area contributed by atoms with E-state index in [0.29, 0.717) is 6.04 Å². The molecule has 0 aromatic heterocycles. The van der Waals surface area contributed by atoms with Gasteiger partial charge >= 0.3 is 0 Å². The molecule has 1 aliphatic heterocycles. The van der Waals surface area contributed by atoms with Crippen LogP contribution in [0.2, 0.25) is 0 Å². The second-order valence-electron chi connectivity index (χ2n) is 5.21. The van der Waals surface area contributed by atoms with Crippen molar-refractivity contribution >= 4 is 0 Å². The Morgan fingerprint density at radius 3 is 2.16 bits per heavy atom. The minimum atomic E-state index is -0.256. The standard InChI is InChI=1S/C17H19NO/c1-13(14-8-4-2-5-9-14)18-12-16(19)17(18)15-10-6-3-7-11-15/h2-11,13,16-17,19H,12H2,1H3/t13-,16-,17-/m0/s1. The molecule has 0 unspecified atom stereocenters. The Morgan fingerprint density at radius 1 is 1.00 bits per heavy atom. The number of nitrogens with zero attached hydrogens (tertiary/aromatic N) is 1. The van der Waals surface area contributed by atoms with Crippen molar-refractivity contribution in [1.82, 2.24) is 4.90 Å². The lowest BCUT2D eigenvalue weighted by Gasteiger charge is -2.49. The molecule has 1 N–H and O–H groups in total. The fourth-order valence-corrected chi connectivity index (χ4v) is 2.90. The van der Waals surface area contributed by atoms with Crippen LogP contribution in [0, 0.1) is 0 Å². The Balaban J connectivity index is 1.82. The number of hydrogen-bond donors (Lipinski definition) is 1. The second kappa shape index (κ2) is 5.16. The van der Waals surface area contributed by atoms with Crippen LogP contribution in [-0.2, 0) is 0 Å². The van der Waals surface area contributed by atoms with Crippen LogP contribution >= 0.6 is 0 Å². The molecule has 98 valence electrons. The second-order valence-corrected chi connectivity index (χ2v) is 5.21. The summed E-state index contributed by atoms with van der Waals surface area (Å²) < 4.78 is 0. The van der Waals surface area contributed by atoms with Gasteiger partial charge in [0.15, 0.2) is 0 Å². The average Bonchev–Trinajstić information content (AvgIpc) is 2.46. The highest BCUT2D eigenvalue weighted by Crippen LogP contribution is 2.40. The molecule has 0 saturated carbocycles. The Bertz CT molecular complexity index is 525. The maximum atomic E-state index is 10.1. The van der Waals surface area contributed by atoms with E-state index in [9.17, 15) is 5.11 Å². The molecular formula is C17H19NO. The largest absolute Gasteiger partial charge is 0.390 e. The van der Waals surface area contributed by atoms with E-state index in [1.807, 2.05) is 24.3 Å². The topological polar surface area (TPSA) is 23.5 Å². The Morgan fingerprint density at radius 2 is 1.58 bits per heavy atom. The van der Waals surface area contributed by atoms with Gasteiger partial charge in [-0.05, 0) is 18.1 Å². The highest BCUT2D eigenvalue weighted by atomic mass is 16.3. The van der Waals surface area contributed by atoms with Crippen molar-refractivity contribution in [3.63, 3.8) is 0 Å². The predicted molar refractivity (Wildman–Crippen MR) is 76.8 cm³/mol. The van der Waals surface area contributed by atoms with Crippen LogP contribution < -0.4 is 0 Å². The summed E-state index contributed by atoms with van der Waals surface area (Å²) in [4.78, 5) is 2.36. The summed E-state index contributed by atoms with van der Waals surface area (Å²) in [6.45, 7) is 2.95. The van der Waals surface area contributed by atoms with Crippen molar-refractivity contribution in [1.29, 1.82) is 0 Å². The summed E-state index contributed by atoms with van der Waals surface area (Å²) in [5, 5.41) is 10.1. The fourth-order valence-electron chi connectivity index (χ4n) is 2.90. The molecule has 0 spiro atoms. The first-order valence-corrected chi connectivity index (χ1v) is 6.81. The lowest BCUT2D eigenvalue weighted by atomic mass is 9.88. The summed E-state index contributed by atoms with van der Waals surface area (Å²) in [6.07, 6.45) is -0.256. The molecule has 2 nitrogen and oxygen atoms in total. The first kappa shape index (κ1) is 12.4. The summed E-state index contributed by atoms with van der Waals surface area (Å²) >= 11 is 0. The van der Waals surface area contributed by atoms with Crippen molar-refractivity contribution in [2.75, 3.05) is 6.54 Å². The molecule has 1 heterocycles. The minimum Gasteiger partial charge on any atom is -0.390 e. The highest BCUT2D eigenvalue weighted by molar-refractivity contribution is 5.26. The Kier molecular flexibility index (Phi) is 3.36. The predicted octanol–water partition coefficient (Wildman–Crippen LogP) is 3.17. The Hall–Kier alpha value is -1.64. The molecule has 2 aromatic carbocycles. The zero-order valence-corrected chi connectivity index (χ0v) is 11.1. The Labute approximate surface area is 114 Å². The molecular weight excluding hydrogens is 234 g/mol. The van der Waals surface area contributed by atoms with Crippen molar-refractivity contribution in [3.8, 4) is 0 Å². The molecule has 1 saturated heterocycles. The number of benzene rings is 2. The van der Waals surface area contributed by atoms with E-state index < -0.39 is 0 Å². The van der Waals surface area contributed by atoms with Gasteiger partial charge in [0.05, 0.1) is 12.1 Å². The van der Waals surface area contributed by atoms with Crippen LogP contribution in [0.1, 0.15) is 30.1 Å². The van der Waals surface area contributed by atoms with Gasteiger partial charge in [-0.3, -0.25) is 4.90 Å². The molecule has 1 fully saturated rings. The van der Waals surface area contributed by atoms with Gasteiger partial charge in [-0.15, -0.1) is 0 Å². The van der Waals surface area contributed by atoms with E-state index in [1.54, 1.807) is 0 Å². The molecule has 0 radical (unpaired) electrons. The summed E-state index contributed by atoms with van der Waals surface area (Å²) in [5.41, 5.74) is 2.50. The van der Waals surface area contributed by atoms with Gasteiger partial charge in [0, 0.05) is 12.6 Å². The van der Waals surface area contributed by atoms with Crippen LogP contribution in [0.3, 0.4) is 0 Å². The molecule has 2 aromatic rings. The maximum Gasteiger partial charge on any atom is 0.0864 e. The number of aliphatic hydroxyl groups is 1. The third kappa shape index (κ3) is 2.29. The lowest BCUT2D eigenvalue weighted by molar-refractivity contribution is -0.0853. The summed E-state index contributed by atoms with van der Waals surface area (Å²) in [6, 6.07) is 21.2. The first-order valence-electron chi connectivity index (χ1n) is 6.81. The van der Waals surface area contributed by atoms with E-state index in [4.69, 9.17) is 0 Å². The molecule has 2 heteroatoms. The van der Waals surface area contributed by atoms with Gasteiger partial charge in [0.1, 0.15) is 0 Å². The van der Waals surface area contributed by atoms with Gasteiger partial charge in [-0.25, -0.2) is 0 Å².